The Bertz CT molecular complexity index is 685. The van der Waals surface area contributed by atoms with Gasteiger partial charge < -0.3 is 10.2 Å². The smallest absolute Gasteiger partial charge is 0.250 e. The lowest BCUT2D eigenvalue weighted by Crippen LogP contribution is -2.45. The van der Waals surface area contributed by atoms with Crippen molar-refractivity contribution in [3.05, 3.63) is 59.7 Å². The van der Waals surface area contributed by atoms with Crippen molar-refractivity contribution in [2.45, 2.75) is 31.8 Å². The lowest BCUT2D eigenvalue weighted by molar-refractivity contribution is -0.119. The van der Waals surface area contributed by atoms with Crippen molar-refractivity contribution in [2.24, 2.45) is 0 Å². The summed E-state index contributed by atoms with van der Waals surface area (Å²) >= 11 is 0. The topological polar surface area (TPSA) is 32.3 Å². The molecule has 1 amide bonds. The number of fused-ring (bicyclic) bond motifs is 2. The minimum atomic E-state index is -0.143. The van der Waals surface area contributed by atoms with E-state index < -0.39 is 0 Å². The molecule has 0 spiro atoms. The van der Waals surface area contributed by atoms with E-state index in [0.29, 0.717) is 0 Å². The first-order chi connectivity index (χ1) is 10.2. The minimum Gasteiger partial charge on any atom is -0.373 e. The van der Waals surface area contributed by atoms with Crippen LogP contribution in [0.5, 0.6) is 0 Å². The Morgan fingerprint density at radius 2 is 1.76 bits per heavy atom. The monoisotopic (exact) mass is 278 g/mol. The van der Waals surface area contributed by atoms with Gasteiger partial charge >= 0.3 is 0 Å². The number of nitrogens with zero attached hydrogens (tertiary/aromatic N) is 1. The fourth-order valence-corrected chi connectivity index (χ4v) is 3.52. The summed E-state index contributed by atoms with van der Waals surface area (Å²) in [6.45, 7) is 2.12. The molecule has 3 nitrogen and oxygen atoms in total. The number of amides is 1. The number of benzene rings is 2. The molecule has 1 N–H and O–H groups in total. The predicted octanol–water partition coefficient (Wildman–Crippen LogP) is 3.00. The zero-order valence-corrected chi connectivity index (χ0v) is 12.0. The quantitative estimate of drug-likeness (QED) is 0.869. The van der Waals surface area contributed by atoms with Crippen LogP contribution in [0, 0.1) is 0 Å². The molecule has 0 aromatic heterocycles. The lowest BCUT2D eigenvalue weighted by Gasteiger charge is -2.26. The summed E-state index contributed by atoms with van der Waals surface area (Å²) in [5.41, 5.74) is 4.67. The Labute approximate surface area is 124 Å². The third kappa shape index (κ3) is 1.92. The molecule has 1 unspecified atom stereocenters. The van der Waals surface area contributed by atoms with Gasteiger partial charge in [0.25, 0.3) is 0 Å². The number of para-hydroxylation sites is 2. The van der Waals surface area contributed by atoms with Gasteiger partial charge in [-0.15, -0.1) is 0 Å². The van der Waals surface area contributed by atoms with Gasteiger partial charge in [0.1, 0.15) is 6.04 Å². The third-order valence-corrected chi connectivity index (χ3v) is 4.51. The molecule has 2 atom stereocenters. The average Bonchev–Trinajstić information content (AvgIpc) is 3.06. The van der Waals surface area contributed by atoms with E-state index in [2.05, 4.69) is 30.4 Å². The highest BCUT2D eigenvalue weighted by Gasteiger charge is 2.36. The van der Waals surface area contributed by atoms with Crippen LogP contribution in [0.3, 0.4) is 0 Å². The van der Waals surface area contributed by atoms with E-state index in [1.54, 1.807) is 0 Å². The Balaban J connectivity index is 1.62. The van der Waals surface area contributed by atoms with E-state index in [0.717, 1.165) is 24.2 Å². The molecule has 21 heavy (non-hydrogen) atoms. The number of nitrogens with one attached hydrogen (secondary N) is 1. The van der Waals surface area contributed by atoms with E-state index in [1.165, 1.54) is 11.1 Å². The van der Waals surface area contributed by atoms with Crippen molar-refractivity contribution < 1.29 is 4.79 Å². The molecule has 0 saturated carbocycles. The van der Waals surface area contributed by atoms with Crippen LogP contribution in [0.2, 0.25) is 0 Å². The maximum absolute atomic E-state index is 13.0. The van der Waals surface area contributed by atoms with Crippen LogP contribution in [0.1, 0.15) is 18.1 Å². The molecule has 0 aliphatic carbocycles. The maximum Gasteiger partial charge on any atom is 0.250 e. The second kappa shape index (κ2) is 4.62. The first-order valence-electron chi connectivity index (χ1n) is 7.49. The van der Waals surface area contributed by atoms with Gasteiger partial charge in [0.15, 0.2) is 0 Å². The number of carbonyl (C=O) groups is 1. The van der Waals surface area contributed by atoms with Crippen molar-refractivity contribution in [2.75, 3.05) is 10.2 Å². The van der Waals surface area contributed by atoms with Gasteiger partial charge in [-0.1, -0.05) is 36.4 Å². The van der Waals surface area contributed by atoms with E-state index in [-0.39, 0.29) is 18.0 Å². The van der Waals surface area contributed by atoms with Crippen molar-refractivity contribution in [1.29, 1.82) is 0 Å². The number of anilines is 2. The number of carbonyl (C=O) groups excluding carboxylic acids is 1. The Kier molecular flexibility index (Phi) is 2.74. The standard InChI is InChI=1S/C18H18N2O/c1-12-10-14-7-3-5-9-17(14)20(12)18(21)16-11-13-6-2-4-8-15(13)19-16/h2-9,12,16,19H,10-11H2,1H3/t12?,16-/m0/s1. The van der Waals surface area contributed by atoms with Crippen molar-refractivity contribution >= 4 is 17.3 Å². The molecule has 106 valence electrons. The van der Waals surface area contributed by atoms with E-state index in [1.807, 2.05) is 35.2 Å². The van der Waals surface area contributed by atoms with Crippen LogP contribution in [-0.2, 0) is 17.6 Å². The van der Waals surface area contributed by atoms with Gasteiger partial charge in [0.05, 0.1) is 0 Å². The average molecular weight is 278 g/mol. The van der Waals surface area contributed by atoms with Gasteiger partial charge in [0.2, 0.25) is 5.91 Å². The van der Waals surface area contributed by atoms with Crippen molar-refractivity contribution in [3.8, 4) is 0 Å². The molecule has 2 aliphatic heterocycles. The Morgan fingerprint density at radius 3 is 2.57 bits per heavy atom. The molecule has 4 rings (SSSR count). The second-order valence-corrected chi connectivity index (χ2v) is 5.95. The molecule has 2 aliphatic rings. The summed E-state index contributed by atoms with van der Waals surface area (Å²) in [6.07, 6.45) is 1.72. The van der Waals surface area contributed by atoms with Gasteiger partial charge in [-0.3, -0.25) is 4.79 Å². The minimum absolute atomic E-state index is 0.143. The van der Waals surface area contributed by atoms with E-state index in [9.17, 15) is 4.79 Å². The predicted molar refractivity (Wildman–Crippen MR) is 84.7 cm³/mol. The van der Waals surface area contributed by atoms with Gasteiger partial charge in [-0.2, -0.15) is 0 Å². The summed E-state index contributed by atoms with van der Waals surface area (Å²) in [5.74, 6) is 0.184. The summed E-state index contributed by atoms with van der Waals surface area (Å²) in [5, 5.41) is 3.37. The zero-order chi connectivity index (χ0) is 14.4. The van der Waals surface area contributed by atoms with E-state index in [4.69, 9.17) is 0 Å². The summed E-state index contributed by atoms with van der Waals surface area (Å²) < 4.78 is 0. The summed E-state index contributed by atoms with van der Waals surface area (Å²) in [6, 6.07) is 16.5. The number of hydrogen-bond donors (Lipinski definition) is 1. The van der Waals surface area contributed by atoms with Crippen LogP contribution < -0.4 is 10.2 Å². The fourth-order valence-electron chi connectivity index (χ4n) is 3.52. The summed E-state index contributed by atoms with van der Waals surface area (Å²) in [4.78, 5) is 14.9. The van der Waals surface area contributed by atoms with Crippen LogP contribution in [0.4, 0.5) is 11.4 Å². The number of rotatable bonds is 1. The largest absolute Gasteiger partial charge is 0.373 e. The molecule has 0 bridgehead atoms. The first kappa shape index (κ1) is 12.5. The normalized spacial score (nSPS) is 22.6. The van der Waals surface area contributed by atoms with Crippen LogP contribution >= 0.6 is 0 Å². The SMILES string of the molecule is CC1Cc2ccccc2N1C(=O)[C@@H]1Cc2ccccc2N1. The highest BCUT2D eigenvalue weighted by atomic mass is 16.2. The van der Waals surface area contributed by atoms with Gasteiger partial charge in [0, 0.05) is 23.8 Å². The summed E-state index contributed by atoms with van der Waals surface area (Å²) in [7, 11) is 0. The Hall–Kier alpha value is -2.29. The molecule has 0 saturated heterocycles. The zero-order valence-electron chi connectivity index (χ0n) is 12.0. The first-order valence-corrected chi connectivity index (χ1v) is 7.49. The molecular weight excluding hydrogens is 260 g/mol. The van der Waals surface area contributed by atoms with Crippen LogP contribution in [-0.4, -0.2) is 18.0 Å². The molecular formula is C18H18N2O. The molecule has 2 aromatic rings. The number of hydrogen-bond acceptors (Lipinski definition) is 2. The Morgan fingerprint density at radius 1 is 1.05 bits per heavy atom. The van der Waals surface area contributed by atoms with Crippen molar-refractivity contribution in [3.63, 3.8) is 0 Å². The molecule has 0 fully saturated rings. The van der Waals surface area contributed by atoms with E-state index >= 15 is 0 Å². The molecule has 0 radical (unpaired) electrons. The second-order valence-electron chi connectivity index (χ2n) is 5.95. The van der Waals surface area contributed by atoms with Crippen LogP contribution in [0.25, 0.3) is 0 Å². The highest BCUT2D eigenvalue weighted by Crippen LogP contribution is 2.34. The van der Waals surface area contributed by atoms with Gasteiger partial charge in [-0.25, -0.2) is 0 Å². The molecule has 3 heteroatoms. The molecule has 2 heterocycles. The maximum atomic E-state index is 13.0. The third-order valence-electron chi connectivity index (χ3n) is 4.51. The fraction of sp³-hybridized carbons (Fsp3) is 0.278. The van der Waals surface area contributed by atoms with Crippen LogP contribution in [0.15, 0.2) is 48.5 Å². The van der Waals surface area contributed by atoms with Crippen molar-refractivity contribution in [1.82, 2.24) is 0 Å². The highest BCUT2D eigenvalue weighted by molar-refractivity contribution is 6.02. The molecule has 2 aromatic carbocycles. The lowest BCUT2D eigenvalue weighted by atomic mass is 10.1. The van der Waals surface area contributed by atoms with Gasteiger partial charge in [-0.05, 0) is 36.6 Å².